The summed E-state index contributed by atoms with van der Waals surface area (Å²) in [6, 6.07) is 7.38. The lowest BCUT2D eigenvalue weighted by atomic mass is 9.93. The van der Waals surface area contributed by atoms with Gasteiger partial charge in [-0.05, 0) is 43.9 Å². The van der Waals surface area contributed by atoms with Gasteiger partial charge in [0.15, 0.2) is 11.6 Å². The normalized spacial score (nSPS) is 21.8. The third-order valence-corrected chi connectivity index (χ3v) is 5.97. The van der Waals surface area contributed by atoms with Gasteiger partial charge in [0.05, 0.1) is 24.8 Å². The van der Waals surface area contributed by atoms with E-state index < -0.39 is 0 Å². The molecule has 0 amide bonds. The minimum absolute atomic E-state index is 0.0942. The number of benzene rings is 1. The van der Waals surface area contributed by atoms with Crippen LogP contribution in [0.15, 0.2) is 42.9 Å². The maximum Gasteiger partial charge on any atom is 0.165 e. The van der Waals surface area contributed by atoms with Crippen LogP contribution in [0, 0.1) is 5.82 Å². The lowest BCUT2D eigenvalue weighted by molar-refractivity contribution is 0.122. The quantitative estimate of drug-likeness (QED) is 0.669. The highest BCUT2D eigenvalue weighted by Gasteiger charge is 2.25. The van der Waals surface area contributed by atoms with Crippen LogP contribution in [0.2, 0.25) is 0 Å². The number of rotatable bonds is 5. The Morgan fingerprint density at radius 2 is 1.81 bits per heavy atom. The van der Waals surface area contributed by atoms with E-state index >= 15 is 0 Å². The van der Waals surface area contributed by atoms with E-state index in [4.69, 9.17) is 9.47 Å². The Balaban J connectivity index is 1.28. The van der Waals surface area contributed by atoms with E-state index in [1.807, 2.05) is 0 Å². The second-order valence-electron chi connectivity index (χ2n) is 8.04. The average molecular weight is 423 g/mol. The van der Waals surface area contributed by atoms with Crippen molar-refractivity contribution in [2.45, 2.75) is 37.8 Å². The molecule has 1 N–H and O–H groups in total. The van der Waals surface area contributed by atoms with Crippen LogP contribution in [0.4, 0.5) is 15.9 Å². The van der Waals surface area contributed by atoms with E-state index in [9.17, 15) is 4.39 Å². The summed E-state index contributed by atoms with van der Waals surface area (Å²) >= 11 is 0. The third-order valence-electron chi connectivity index (χ3n) is 5.97. The zero-order valence-corrected chi connectivity index (χ0v) is 17.3. The lowest BCUT2D eigenvalue weighted by Gasteiger charge is -2.31. The minimum Gasteiger partial charge on any atom is -0.488 e. The monoisotopic (exact) mass is 423 g/mol. The second kappa shape index (κ2) is 9.01. The molecule has 0 atom stereocenters. The summed E-state index contributed by atoms with van der Waals surface area (Å²) in [6.45, 7) is 3.16. The van der Waals surface area contributed by atoms with Crippen molar-refractivity contribution in [1.82, 2.24) is 15.0 Å². The van der Waals surface area contributed by atoms with Gasteiger partial charge in [-0.3, -0.25) is 4.98 Å². The predicted octanol–water partition coefficient (Wildman–Crippen LogP) is 3.80. The van der Waals surface area contributed by atoms with Crippen molar-refractivity contribution in [2.24, 2.45) is 0 Å². The number of pyridine rings is 1. The maximum atomic E-state index is 13.9. The van der Waals surface area contributed by atoms with Gasteiger partial charge >= 0.3 is 0 Å². The number of fused-ring (bicyclic) bond motifs is 1. The number of hydrogen-bond donors (Lipinski definition) is 1. The molecule has 2 aliphatic rings. The van der Waals surface area contributed by atoms with E-state index in [-0.39, 0.29) is 18.0 Å². The molecule has 0 radical (unpaired) electrons. The molecule has 31 heavy (non-hydrogen) atoms. The van der Waals surface area contributed by atoms with Crippen LogP contribution in [-0.2, 0) is 4.74 Å². The van der Waals surface area contributed by atoms with Gasteiger partial charge in [0.25, 0.3) is 0 Å². The van der Waals surface area contributed by atoms with Crippen molar-refractivity contribution in [3.05, 3.63) is 48.7 Å². The van der Waals surface area contributed by atoms with Crippen LogP contribution in [0.1, 0.15) is 25.7 Å². The second-order valence-corrected chi connectivity index (χ2v) is 8.04. The van der Waals surface area contributed by atoms with Crippen molar-refractivity contribution < 1.29 is 13.9 Å². The largest absolute Gasteiger partial charge is 0.488 e. The number of aromatic nitrogens is 3. The molecule has 1 aliphatic carbocycles. The number of halogens is 1. The van der Waals surface area contributed by atoms with Gasteiger partial charge in [0.2, 0.25) is 0 Å². The smallest absolute Gasteiger partial charge is 0.165 e. The molecule has 5 rings (SSSR count). The van der Waals surface area contributed by atoms with Crippen molar-refractivity contribution in [3.8, 4) is 5.75 Å². The van der Waals surface area contributed by atoms with Crippen molar-refractivity contribution in [2.75, 3.05) is 36.5 Å². The third kappa shape index (κ3) is 4.54. The average Bonchev–Trinajstić information content (AvgIpc) is 2.82. The number of nitrogens with zero attached hydrogens (tertiary/aromatic N) is 4. The van der Waals surface area contributed by atoms with Gasteiger partial charge in [-0.1, -0.05) is 0 Å². The minimum atomic E-state index is -0.314. The summed E-state index contributed by atoms with van der Waals surface area (Å²) in [6.07, 6.45) is 8.67. The zero-order chi connectivity index (χ0) is 21.0. The molecule has 0 spiro atoms. The molecular weight excluding hydrogens is 397 g/mol. The number of anilines is 2. The topological polar surface area (TPSA) is 72.4 Å². The molecule has 3 heterocycles. The molecule has 0 bridgehead atoms. The van der Waals surface area contributed by atoms with Gasteiger partial charge in [-0.2, -0.15) is 0 Å². The standard InChI is InChI=1S/C23H26FN5O2/c24-19-2-1-7-27-23(19)28-16-3-5-18(6-4-16)31-21-15-17(29-10-12-30-13-11-29)14-20-22(21)26-9-8-25-20/h1-2,7-9,14-16,18H,3-6,10-13H2,(H,27,28)/t16-,18+. The van der Waals surface area contributed by atoms with Crippen molar-refractivity contribution >= 4 is 22.5 Å². The number of nitrogens with one attached hydrogen (secondary N) is 1. The van der Waals surface area contributed by atoms with Gasteiger partial charge in [0, 0.05) is 49.5 Å². The fourth-order valence-electron chi connectivity index (χ4n) is 4.31. The van der Waals surface area contributed by atoms with Crippen LogP contribution in [0.5, 0.6) is 5.75 Å². The summed E-state index contributed by atoms with van der Waals surface area (Å²) < 4.78 is 25.8. The van der Waals surface area contributed by atoms with Crippen LogP contribution >= 0.6 is 0 Å². The number of hydrogen-bond acceptors (Lipinski definition) is 7. The van der Waals surface area contributed by atoms with E-state index in [0.29, 0.717) is 5.82 Å². The zero-order valence-electron chi connectivity index (χ0n) is 17.3. The van der Waals surface area contributed by atoms with Gasteiger partial charge in [0.1, 0.15) is 11.3 Å². The van der Waals surface area contributed by atoms with Crippen LogP contribution in [-0.4, -0.2) is 53.4 Å². The summed E-state index contributed by atoms with van der Waals surface area (Å²) in [5.41, 5.74) is 2.71. The highest BCUT2D eigenvalue weighted by atomic mass is 19.1. The Labute approximate surface area is 180 Å². The van der Waals surface area contributed by atoms with E-state index in [1.165, 1.54) is 6.07 Å². The lowest BCUT2D eigenvalue weighted by Crippen LogP contribution is -2.36. The van der Waals surface area contributed by atoms with E-state index in [0.717, 1.165) is 74.5 Å². The number of morpholine rings is 1. The highest BCUT2D eigenvalue weighted by molar-refractivity contribution is 5.85. The first-order valence-electron chi connectivity index (χ1n) is 10.9. The molecule has 1 aromatic carbocycles. The van der Waals surface area contributed by atoms with Crippen LogP contribution in [0.25, 0.3) is 11.0 Å². The highest BCUT2D eigenvalue weighted by Crippen LogP contribution is 2.33. The summed E-state index contributed by atoms with van der Waals surface area (Å²) in [5, 5.41) is 3.23. The molecular formula is C23H26FN5O2. The molecule has 7 nitrogen and oxygen atoms in total. The fraction of sp³-hybridized carbons (Fsp3) is 0.435. The maximum absolute atomic E-state index is 13.9. The Bertz CT molecular complexity index is 1040. The molecule has 1 saturated carbocycles. The summed E-state index contributed by atoms with van der Waals surface area (Å²) in [5.74, 6) is 0.788. The first kappa shape index (κ1) is 19.9. The molecule has 0 unspecified atom stereocenters. The van der Waals surface area contributed by atoms with Crippen LogP contribution < -0.4 is 15.0 Å². The first-order valence-corrected chi connectivity index (χ1v) is 10.9. The molecule has 1 aliphatic heterocycles. The first-order chi connectivity index (χ1) is 15.3. The van der Waals surface area contributed by atoms with E-state index in [1.54, 1.807) is 24.7 Å². The summed E-state index contributed by atoms with van der Waals surface area (Å²) in [7, 11) is 0. The van der Waals surface area contributed by atoms with Crippen LogP contribution in [0.3, 0.4) is 0 Å². The fourth-order valence-corrected chi connectivity index (χ4v) is 4.31. The van der Waals surface area contributed by atoms with Gasteiger partial charge in [-0.15, -0.1) is 0 Å². The Hall–Kier alpha value is -3.00. The molecule has 8 heteroatoms. The van der Waals surface area contributed by atoms with Gasteiger partial charge < -0.3 is 19.7 Å². The SMILES string of the molecule is Fc1cccnc1N[C@H]1CC[C@@H](Oc2cc(N3CCOCC3)cc3nccnc23)CC1. The van der Waals surface area contributed by atoms with E-state index in [2.05, 4.69) is 37.3 Å². The molecule has 3 aromatic rings. The number of ether oxygens (including phenoxy) is 2. The van der Waals surface area contributed by atoms with Gasteiger partial charge in [-0.25, -0.2) is 14.4 Å². The molecule has 162 valence electrons. The van der Waals surface area contributed by atoms with Crippen molar-refractivity contribution in [1.29, 1.82) is 0 Å². The molecule has 1 saturated heterocycles. The van der Waals surface area contributed by atoms with Crippen molar-refractivity contribution in [3.63, 3.8) is 0 Å². The Morgan fingerprint density at radius 1 is 1.00 bits per heavy atom. The Morgan fingerprint density at radius 3 is 2.61 bits per heavy atom. The molecule has 2 aromatic heterocycles. The predicted molar refractivity (Wildman–Crippen MR) is 117 cm³/mol. The molecule has 2 fully saturated rings. The Kier molecular flexibility index (Phi) is 5.80. The summed E-state index contributed by atoms with van der Waals surface area (Å²) in [4.78, 5) is 15.4.